The van der Waals surface area contributed by atoms with Crippen LogP contribution in [0, 0.1) is 6.92 Å². The van der Waals surface area contributed by atoms with Crippen LogP contribution in [0.3, 0.4) is 0 Å². The third-order valence-electron chi connectivity index (χ3n) is 4.63. The molecule has 1 unspecified atom stereocenters. The second kappa shape index (κ2) is 6.59. The molecule has 0 spiro atoms. The van der Waals surface area contributed by atoms with E-state index >= 15 is 0 Å². The highest BCUT2D eigenvalue weighted by Crippen LogP contribution is 2.34. The summed E-state index contributed by atoms with van der Waals surface area (Å²) in [5.41, 5.74) is 2.78. The SMILES string of the molecule is Cc1ccc(CN(C)C(=O)CN(C)C2CCc3ccccc32)o1. The molecule has 1 aliphatic rings. The number of carbonyl (C=O) groups is 1. The molecular weight excluding hydrogens is 288 g/mol. The van der Waals surface area contributed by atoms with E-state index in [9.17, 15) is 4.79 Å². The second-order valence-electron chi connectivity index (χ2n) is 6.43. The van der Waals surface area contributed by atoms with E-state index in [0.717, 1.165) is 24.4 Å². The van der Waals surface area contributed by atoms with Gasteiger partial charge in [-0.1, -0.05) is 24.3 Å². The highest BCUT2D eigenvalue weighted by molar-refractivity contribution is 5.78. The number of likely N-dealkylation sites (N-methyl/N-ethyl adjacent to an activating group) is 2. The molecule has 0 saturated carbocycles. The average molecular weight is 312 g/mol. The molecule has 0 fully saturated rings. The molecule has 1 aromatic carbocycles. The fourth-order valence-electron chi connectivity index (χ4n) is 3.33. The van der Waals surface area contributed by atoms with E-state index in [4.69, 9.17) is 4.42 Å². The molecule has 122 valence electrons. The lowest BCUT2D eigenvalue weighted by Crippen LogP contribution is -2.37. The van der Waals surface area contributed by atoms with Gasteiger partial charge in [-0.2, -0.15) is 0 Å². The van der Waals surface area contributed by atoms with E-state index in [1.54, 1.807) is 4.90 Å². The number of carbonyl (C=O) groups excluding carboxylic acids is 1. The molecule has 4 nitrogen and oxygen atoms in total. The normalized spacial score (nSPS) is 16.6. The van der Waals surface area contributed by atoms with Crippen molar-refractivity contribution in [1.29, 1.82) is 0 Å². The van der Waals surface area contributed by atoms with Crippen LogP contribution in [0.25, 0.3) is 0 Å². The molecule has 1 aromatic heterocycles. The molecule has 0 aliphatic heterocycles. The number of hydrogen-bond acceptors (Lipinski definition) is 3. The van der Waals surface area contributed by atoms with Gasteiger partial charge in [-0.15, -0.1) is 0 Å². The zero-order valence-electron chi connectivity index (χ0n) is 14.1. The maximum Gasteiger partial charge on any atom is 0.236 e. The van der Waals surface area contributed by atoms with Gasteiger partial charge >= 0.3 is 0 Å². The topological polar surface area (TPSA) is 36.7 Å². The predicted molar refractivity (Wildman–Crippen MR) is 90.1 cm³/mol. The van der Waals surface area contributed by atoms with Crippen LogP contribution in [0.4, 0.5) is 0 Å². The molecule has 4 heteroatoms. The van der Waals surface area contributed by atoms with Gasteiger partial charge in [0.15, 0.2) is 0 Å². The Morgan fingerprint density at radius 3 is 2.74 bits per heavy atom. The van der Waals surface area contributed by atoms with Gasteiger partial charge in [0.05, 0.1) is 13.1 Å². The zero-order chi connectivity index (χ0) is 16.4. The van der Waals surface area contributed by atoms with Gasteiger partial charge in [0.1, 0.15) is 11.5 Å². The molecule has 2 aromatic rings. The quantitative estimate of drug-likeness (QED) is 0.851. The minimum Gasteiger partial charge on any atom is -0.464 e. The van der Waals surface area contributed by atoms with Crippen molar-refractivity contribution in [3.63, 3.8) is 0 Å². The summed E-state index contributed by atoms with van der Waals surface area (Å²) in [6.45, 7) is 2.85. The molecular formula is C19H24N2O2. The van der Waals surface area contributed by atoms with E-state index in [0.29, 0.717) is 19.1 Å². The van der Waals surface area contributed by atoms with Crippen molar-refractivity contribution < 1.29 is 9.21 Å². The van der Waals surface area contributed by atoms with Crippen molar-refractivity contribution in [3.05, 3.63) is 59.0 Å². The maximum absolute atomic E-state index is 12.5. The summed E-state index contributed by atoms with van der Waals surface area (Å²) in [5, 5.41) is 0. The number of benzene rings is 1. The molecule has 1 amide bonds. The van der Waals surface area contributed by atoms with Gasteiger partial charge in [-0.3, -0.25) is 9.69 Å². The van der Waals surface area contributed by atoms with Crippen LogP contribution in [0.15, 0.2) is 40.8 Å². The van der Waals surface area contributed by atoms with Crippen molar-refractivity contribution in [2.24, 2.45) is 0 Å². The van der Waals surface area contributed by atoms with Crippen molar-refractivity contribution in [2.45, 2.75) is 32.4 Å². The Balaban J connectivity index is 1.59. The summed E-state index contributed by atoms with van der Waals surface area (Å²) < 4.78 is 5.55. The number of aryl methyl sites for hydroxylation is 2. The summed E-state index contributed by atoms with van der Waals surface area (Å²) in [6, 6.07) is 12.7. The van der Waals surface area contributed by atoms with Crippen LogP contribution >= 0.6 is 0 Å². The number of hydrogen-bond donors (Lipinski definition) is 0. The van der Waals surface area contributed by atoms with Crippen LogP contribution in [-0.4, -0.2) is 36.3 Å². The highest BCUT2D eigenvalue weighted by atomic mass is 16.3. The van der Waals surface area contributed by atoms with Gasteiger partial charge in [0.25, 0.3) is 0 Å². The van der Waals surface area contributed by atoms with Crippen LogP contribution in [0.1, 0.15) is 35.1 Å². The first-order valence-corrected chi connectivity index (χ1v) is 8.12. The van der Waals surface area contributed by atoms with Gasteiger partial charge < -0.3 is 9.32 Å². The second-order valence-corrected chi connectivity index (χ2v) is 6.43. The summed E-state index contributed by atoms with van der Waals surface area (Å²) in [6.07, 6.45) is 2.19. The molecule has 0 bridgehead atoms. The van der Waals surface area contributed by atoms with Gasteiger partial charge in [-0.25, -0.2) is 0 Å². The summed E-state index contributed by atoms with van der Waals surface area (Å²) in [4.78, 5) is 16.4. The van der Waals surface area contributed by atoms with Crippen LogP contribution in [0.5, 0.6) is 0 Å². The van der Waals surface area contributed by atoms with E-state index in [-0.39, 0.29) is 5.91 Å². The Morgan fingerprint density at radius 2 is 2.00 bits per heavy atom. The number of rotatable bonds is 5. The van der Waals surface area contributed by atoms with E-state index in [1.165, 1.54) is 11.1 Å². The lowest BCUT2D eigenvalue weighted by atomic mass is 10.1. The third-order valence-corrected chi connectivity index (χ3v) is 4.63. The Morgan fingerprint density at radius 1 is 1.22 bits per heavy atom. The minimum absolute atomic E-state index is 0.117. The molecule has 0 radical (unpaired) electrons. The number of furan rings is 1. The van der Waals surface area contributed by atoms with Crippen LogP contribution in [-0.2, 0) is 17.8 Å². The van der Waals surface area contributed by atoms with E-state index in [2.05, 4.69) is 29.2 Å². The first-order valence-electron chi connectivity index (χ1n) is 8.12. The maximum atomic E-state index is 12.5. The zero-order valence-corrected chi connectivity index (χ0v) is 14.1. The average Bonchev–Trinajstić information content (AvgIpc) is 3.13. The van der Waals surface area contributed by atoms with Crippen molar-refractivity contribution >= 4 is 5.91 Å². The van der Waals surface area contributed by atoms with Gasteiger partial charge in [0.2, 0.25) is 5.91 Å². The number of nitrogens with zero attached hydrogens (tertiary/aromatic N) is 2. The Hall–Kier alpha value is -2.07. The first kappa shape index (κ1) is 15.8. The molecule has 0 N–H and O–H groups in total. The van der Waals surface area contributed by atoms with Crippen molar-refractivity contribution in [1.82, 2.24) is 9.80 Å². The van der Waals surface area contributed by atoms with Gasteiger partial charge in [0, 0.05) is 13.1 Å². The minimum atomic E-state index is 0.117. The number of fused-ring (bicyclic) bond motifs is 1. The summed E-state index contributed by atoms with van der Waals surface area (Å²) in [7, 11) is 3.87. The lowest BCUT2D eigenvalue weighted by Gasteiger charge is -2.27. The summed E-state index contributed by atoms with van der Waals surface area (Å²) in [5.74, 6) is 1.82. The third kappa shape index (κ3) is 3.48. The molecule has 3 rings (SSSR count). The molecule has 1 heterocycles. The van der Waals surface area contributed by atoms with Crippen LogP contribution in [0.2, 0.25) is 0 Å². The predicted octanol–water partition coefficient (Wildman–Crippen LogP) is 3.17. The standard InChI is InChI=1S/C19H24N2O2/c1-14-8-10-16(23-14)12-21(3)19(22)13-20(2)18-11-9-15-6-4-5-7-17(15)18/h4-8,10,18H,9,11-13H2,1-3H3. The fraction of sp³-hybridized carbons (Fsp3) is 0.421. The Labute approximate surface area is 137 Å². The largest absolute Gasteiger partial charge is 0.464 e. The molecule has 1 aliphatic carbocycles. The Kier molecular flexibility index (Phi) is 4.53. The van der Waals surface area contributed by atoms with Crippen LogP contribution < -0.4 is 0 Å². The van der Waals surface area contributed by atoms with E-state index in [1.807, 2.05) is 33.2 Å². The first-order chi connectivity index (χ1) is 11.0. The van der Waals surface area contributed by atoms with Gasteiger partial charge in [-0.05, 0) is 50.1 Å². The monoisotopic (exact) mass is 312 g/mol. The smallest absolute Gasteiger partial charge is 0.236 e. The highest BCUT2D eigenvalue weighted by Gasteiger charge is 2.27. The number of amides is 1. The molecule has 0 saturated heterocycles. The van der Waals surface area contributed by atoms with Crippen molar-refractivity contribution in [2.75, 3.05) is 20.6 Å². The molecule has 23 heavy (non-hydrogen) atoms. The fourth-order valence-corrected chi connectivity index (χ4v) is 3.33. The lowest BCUT2D eigenvalue weighted by molar-refractivity contribution is -0.132. The molecule has 1 atom stereocenters. The van der Waals surface area contributed by atoms with Crippen molar-refractivity contribution in [3.8, 4) is 0 Å². The summed E-state index contributed by atoms with van der Waals surface area (Å²) >= 11 is 0. The Bertz CT molecular complexity index is 692. The van der Waals surface area contributed by atoms with E-state index < -0.39 is 0 Å².